The first-order valence-electron chi connectivity index (χ1n) is 17.2. The fourth-order valence-electron chi connectivity index (χ4n) is 6.40. The molecule has 7 rings (SSSR count). The molecular formula is C46H38NO5+. The minimum Gasteiger partial charge on any atom is -0.489 e. The first-order valence-corrected chi connectivity index (χ1v) is 17.2. The van der Waals surface area contributed by atoms with Gasteiger partial charge in [0.25, 0.3) is 0 Å². The minimum absolute atomic E-state index is 0.176. The fraction of sp³-hybridized carbons (Fsp3) is 0.109. The molecule has 52 heavy (non-hydrogen) atoms. The van der Waals surface area contributed by atoms with Crippen molar-refractivity contribution in [3.63, 3.8) is 0 Å². The van der Waals surface area contributed by atoms with E-state index in [4.69, 9.17) is 14.2 Å². The van der Waals surface area contributed by atoms with Crippen molar-refractivity contribution < 1.29 is 28.4 Å². The lowest BCUT2D eigenvalue weighted by Crippen LogP contribution is -2.31. The molecule has 0 saturated carbocycles. The molecule has 0 amide bonds. The molecule has 0 fully saturated rings. The van der Waals surface area contributed by atoms with Crippen molar-refractivity contribution in [1.82, 2.24) is 0 Å². The van der Waals surface area contributed by atoms with Crippen molar-refractivity contribution >= 4 is 45.9 Å². The summed E-state index contributed by atoms with van der Waals surface area (Å²) < 4.78 is 19.7. The van der Waals surface area contributed by atoms with E-state index in [-0.39, 0.29) is 6.61 Å². The van der Waals surface area contributed by atoms with Crippen molar-refractivity contribution in [2.75, 3.05) is 0 Å². The van der Waals surface area contributed by atoms with Crippen molar-refractivity contribution in [2.24, 2.45) is 7.05 Å². The third-order valence-electron chi connectivity index (χ3n) is 9.09. The molecular weight excluding hydrogens is 647 g/mol. The largest absolute Gasteiger partial charge is 0.489 e. The molecule has 0 N–H and O–H groups in total. The van der Waals surface area contributed by atoms with Crippen LogP contribution in [-0.2, 0) is 25.0 Å². The first-order chi connectivity index (χ1) is 25.3. The predicted octanol–water partition coefficient (Wildman–Crippen LogP) is 9.76. The van der Waals surface area contributed by atoms with Gasteiger partial charge in [0.15, 0.2) is 0 Å². The monoisotopic (exact) mass is 684 g/mol. The zero-order valence-electron chi connectivity index (χ0n) is 29.3. The summed E-state index contributed by atoms with van der Waals surface area (Å²) in [7, 11) is 2.01. The van der Waals surface area contributed by atoms with Crippen LogP contribution < -0.4 is 14.0 Å². The van der Waals surface area contributed by atoms with Gasteiger partial charge in [-0.25, -0.2) is 9.59 Å². The molecule has 0 radical (unpaired) electrons. The number of benzene rings is 6. The number of para-hydroxylation sites is 1. The average Bonchev–Trinajstić information content (AvgIpc) is 3.18. The summed E-state index contributed by atoms with van der Waals surface area (Å²) in [5, 5.41) is 1.57. The molecule has 0 aliphatic rings. The number of aryl methyl sites for hydroxylation is 3. The highest BCUT2D eigenvalue weighted by atomic mass is 16.5. The van der Waals surface area contributed by atoms with E-state index in [1.54, 1.807) is 12.1 Å². The molecule has 0 unspecified atom stereocenters. The standard InChI is InChI=1S/C46H38NO5/c1-31-26-37(45(48)51-30-36-14-8-5-9-15-36)27-32(2)44(31)52-46(49)43-39-16-10-11-17-41(39)47(3)42-28-34(22-25-40(42)43)19-18-33-20-23-38(24-21-33)50-29-35-12-6-4-7-13-35/h4-28H,29-30H2,1-3H3/q+1. The molecule has 6 heteroatoms. The van der Waals surface area contributed by atoms with Gasteiger partial charge in [-0.15, -0.1) is 0 Å². The fourth-order valence-corrected chi connectivity index (χ4v) is 6.40. The highest BCUT2D eigenvalue weighted by Crippen LogP contribution is 2.31. The van der Waals surface area contributed by atoms with E-state index in [9.17, 15) is 9.59 Å². The quantitative estimate of drug-likeness (QED) is 0.0472. The normalized spacial score (nSPS) is 11.2. The van der Waals surface area contributed by atoms with Crippen LogP contribution in [0.15, 0.2) is 140 Å². The van der Waals surface area contributed by atoms with Gasteiger partial charge in [0.2, 0.25) is 11.0 Å². The van der Waals surface area contributed by atoms with Gasteiger partial charge in [0.05, 0.1) is 21.9 Å². The van der Waals surface area contributed by atoms with Gasteiger partial charge >= 0.3 is 11.9 Å². The lowest BCUT2D eigenvalue weighted by Gasteiger charge is -2.15. The molecule has 0 bridgehead atoms. The summed E-state index contributed by atoms with van der Waals surface area (Å²) in [5.74, 6) is 0.333. The van der Waals surface area contributed by atoms with Gasteiger partial charge in [-0.1, -0.05) is 103 Å². The number of pyridine rings is 1. The number of nitrogens with zero attached hydrogens (tertiary/aromatic N) is 1. The van der Waals surface area contributed by atoms with Crippen LogP contribution in [0.1, 0.15) is 54.1 Å². The highest BCUT2D eigenvalue weighted by Gasteiger charge is 2.25. The summed E-state index contributed by atoms with van der Waals surface area (Å²) in [4.78, 5) is 27.0. The second-order valence-electron chi connectivity index (χ2n) is 12.8. The smallest absolute Gasteiger partial charge is 0.345 e. The van der Waals surface area contributed by atoms with Gasteiger partial charge in [-0.3, -0.25) is 0 Å². The minimum atomic E-state index is -0.467. The van der Waals surface area contributed by atoms with Crippen LogP contribution in [0.25, 0.3) is 34.0 Å². The molecule has 1 aromatic heterocycles. The Balaban J connectivity index is 1.13. The number of hydrogen-bond donors (Lipinski definition) is 0. The number of hydrogen-bond acceptors (Lipinski definition) is 5. The zero-order chi connectivity index (χ0) is 36.0. The molecule has 1 heterocycles. The number of aromatic nitrogens is 1. The summed E-state index contributed by atoms with van der Waals surface area (Å²) in [6.45, 7) is 4.35. The van der Waals surface area contributed by atoms with E-state index in [1.165, 1.54) is 0 Å². The van der Waals surface area contributed by atoms with E-state index in [0.717, 1.165) is 49.8 Å². The third-order valence-corrected chi connectivity index (χ3v) is 9.09. The summed E-state index contributed by atoms with van der Waals surface area (Å²) in [5.41, 5.74) is 8.07. The van der Waals surface area contributed by atoms with E-state index >= 15 is 0 Å². The Labute approximate surface area is 303 Å². The van der Waals surface area contributed by atoms with Crippen LogP contribution in [-0.4, -0.2) is 11.9 Å². The van der Waals surface area contributed by atoms with Crippen molar-refractivity contribution in [2.45, 2.75) is 27.1 Å². The lowest BCUT2D eigenvalue weighted by molar-refractivity contribution is -0.617. The van der Waals surface area contributed by atoms with Crippen molar-refractivity contribution in [3.05, 3.63) is 184 Å². The maximum absolute atomic E-state index is 14.1. The number of rotatable bonds is 10. The van der Waals surface area contributed by atoms with Crippen LogP contribution in [0.5, 0.6) is 11.5 Å². The third kappa shape index (κ3) is 7.47. The summed E-state index contributed by atoms with van der Waals surface area (Å²) in [6, 6.07) is 45.0. The summed E-state index contributed by atoms with van der Waals surface area (Å²) >= 11 is 0. The SMILES string of the molecule is Cc1cc(C(=O)OCc2ccccc2)cc(C)c1OC(=O)c1c2ccccc2[n+](C)c2cc(C=Cc3ccc(OCc4ccccc4)cc3)ccc12. The Morgan fingerprint density at radius 2 is 1.17 bits per heavy atom. The number of carbonyl (C=O) groups is 2. The Morgan fingerprint density at radius 3 is 1.87 bits per heavy atom. The van der Waals surface area contributed by atoms with Gasteiger partial charge in [0.1, 0.15) is 31.8 Å². The van der Waals surface area contributed by atoms with Crippen molar-refractivity contribution in [3.8, 4) is 11.5 Å². The zero-order valence-corrected chi connectivity index (χ0v) is 29.3. The van der Waals surface area contributed by atoms with Gasteiger partial charge < -0.3 is 14.2 Å². The Morgan fingerprint density at radius 1 is 0.596 bits per heavy atom. The second-order valence-corrected chi connectivity index (χ2v) is 12.8. The van der Waals surface area contributed by atoms with Crippen LogP contribution >= 0.6 is 0 Å². The van der Waals surface area contributed by atoms with E-state index < -0.39 is 11.9 Å². The van der Waals surface area contributed by atoms with Crippen molar-refractivity contribution in [1.29, 1.82) is 0 Å². The number of ether oxygens (including phenoxy) is 3. The molecule has 0 spiro atoms. The van der Waals surface area contributed by atoms with Crippen LogP contribution in [0, 0.1) is 13.8 Å². The summed E-state index contributed by atoms with van der Waals surface area (Å²) in [6.07, 6.45) is 4.12. The van der Waals surface area contributed by atoms with E-state index in [2.05, 4.69) is 22.8 Å². The maximum atomic E-state index is 14.1. The molecule has 6 nitrogen and oxygen atoms in total. The molecule has 0 saturated heterocycles. The van der Waals surface area contributed by atoms with Gasteiger partial charge in [-0.2, -0.15) is 4.57 Å². The maximum Gasteiger partial charge on any atom is 0.345 e. The predicted molar refractivity (Wildman–Crippen MR) is 205 cm³/mol. The number of esters is 2. The topological polar surface area (TPSA) is 65.7 Å². The Hall–Kier alpha value is -6.53. The highest BCUT2D eigenvalue weighted by molar-refractivity contribution is 6.13. The van der Waals surface area contributed by atoms with Crippen LogP contribution in [0.2, 0.25) is 0 Å². The van der Waals surface area contributed by atoms with Gasteiger partial charge in [0, 0.05) is 12.1 Å². The van der Waals surface area contributed by atoms with Gasteiger partial charge in [-0.05, 0) is 83.6 Å². The first kappa shape index (κ1) is 33.9. The molecule has 0 aliphatic carbocycles. The molecule has 256 valence electrons. The molecule has 0 atom stereocenters. The second kappa shape index (κ2) is 15.2. The Kier molecular flexibility index (Phi) is 9.89. The molecule has 7 aromatic rings. The molecule has 0 aliphatic heterocycles. The Bertz CT molecular complexity index is 2410. The average molecular weight is 685 g/mol. The number of fused-ring (bicyclic) bond motifs is 2. The van der Waals surface area contributed by atoms with E-state index in [0.29, 0.717) is 34.6 Å². The van der Waals surface area contributed by atoms with Crippen LogP contribution in [0.4, 0.5) is 0 Å². The lowest BCUT2D eigenvalue weighted by atomic mass is 10.00. The number of carbonyl (C=O) groups excluding carboxylic acids is 2. The molecule has 6 aromatic carbocycles. The van der Waals surface area contributed by atoms with E-state index in [1.807, 2.05) is 142 Å². The van der Waals surface area contributed by atoms with Crippen LogP contribution in [0.3, 0.4) is 0 Å².